The second kappa shape index (κ2) is 4.93. The number of aryl methyl sites for hydroxylation is 1. The van der Waals surface area contributed by atoms with Crippen molar-refractivity contribution in [2.75, 3.05) is 14.2 Å². The Morgan fingerprint density at radius 3 is 2.37 bits per heavy atom. The molecule has 0 bridgehead atoms. The molecule has 1 aromatic carbocycles. The van der Waals surface area contributed by atoms with E-state index in [9.17, 15) is 9.59 Å². The normalized spacial score (nSPS) is 10.5. The van der Waals surface area contributed by atoms with E-state index in [-0.39, 0.29) is 11.3 Å². The number of esters is 2. The molecule has 0 spiro atoms. The van der Waals surface area contributed by atoms with E-state index >= 15 is 0 Å². The van der Waals surface area contributed by atoms with Crippen molar-refractivity contribution in [2.45, 2.75) is 6.92 Å². The molecule has 2 rings (SSSR count). The van der Waals surface area contributed by atoms with E-state index < -0.39 is 11.9 Å². The minimum absolute atomic E-state index is 0.0422. The lowest BCUT2D eigenvalue weighted by molar-refractivity contribution is 0.0553. The van der Waals surface area contributed by atoms with Crippen LogP contribution in [-0.4, -0.2) is 31.1 Å². The number of H-pyrrole nitrogens is 1. The maximum Gasteiger partial charge on any atom is 0.355 e. The quantitative estimate of drug-likeness (QED) is 0.859. The number of carbonyl (C=O) groups excluding carboxylic acids is 2. The number of fused-ring (bicyclic) bond motifs is 1. The minimum Gasteiger partial charge on any atom is -0.465 e. The summed E-state index contributed by atoms with van der Waals surface area (Å²) in [6.45, 7) is 1.84. The van der Waals surface area contributed by atoms with Gasteiger partial charge in [0.25, 0.3) is 0 Å². The molecule has 5 nitrogen and oxygen atoms in total. The topological polar surface area (TPSA) is 68.4 Å². The number of aromatic amines is 1. The Balaban J connectivity index is 2.89. The largest absolute Gasteiger partial charge is 0.465 e. The molecule has 6 heteroatoms. The molecule has 0 radical (unpaired) electrons. The van der Waals surface area contributed by atoms with Crippen molar-refractivity contribution < 1.29 is 19.1 Å². The van der Waals surface area contributed by atoms with Gasteiger partial charge in [-0.2, -0.15) is 0 Å². The van der Waals surface area contributed by atoms with Gasteiger partial charge in [-0.1, -0.05) is 17.7 Å². The lowest BCUT2D eigenvalue weighted by atomic mass is 10.1. The predicted octanol–water partition coefficient (Wildman–Crippen LogP) is 2.70. The third-order valence-corrected chi connectivity index (χ3v) is 3.21. The molecular formula is C13H12ClNO4. The zero-order valence-electron chi connectivity index (χ0n) is 10.7. The summed E-state index contributed by atoms with van der Waals surface area (Å²) < 4.78 is 9.37. The standard InChI is InChI=1S/C13H12ClNO4/c1-6-4-5-7(14)8-9(12(16)18-2)11(13(17)19-3)15-10(6)8/h4-5,15H,1-3H3. The number of nitrogens with one attached hydrogen (secondary N) is 1. The van der Waals surface area contributed by atoms with E-state index in [0.717, 1.165) is 5.56 Å². The fraction of sp³-hybridized carbons (Fsp3) is 0.231. The second-order valence-electron chi connectivity index (χ2n) is 3.97. The lowest BCUT2D eigenvalue weighted by Gasteiger charge is -2.02. The number of methoxy groups -OCH3 is 2. The highest BCUT2D eigenvalue weighted by atomic mass is 35.5. The van der Waals surface area contributed by atoms with E-state index in [4.69, 9.17) is 16.3 Å². The molecular weight excluding hydrogens is 270 g/mol. The van der Waals surface area contributed by atoms with Gasteiger partial charge in [-0.25, -0.2) is 9.59 Å². The van der Waals surface area contributed by atoms with Crippen molar-refractivity contribution in [2.24, 2.45) is 0 Å². The molecule has 0 unspecified atom stereocenters. The highest BCUT2D eigenvalue weighted by Crippen LogP contribution is 2.32. The van der Waals surface area contributed by atoms with Gasteiger partial charge in [-0.15, -0.1) is 0 Å². The third kappa shape index (κ3) is 2.06. The molecule has 0 aliphatic heterocycles. The molecule has 0 saturated heterocycles. The van der Waals surface area contributed by atoms with E-state index in [1.165, 1.54) is 14.2 Å². The highest BCUT2D eigenvalue weighted by Gasteiger charge is 2.26. The first-order valence-corrected chi connectivity index (χ1v) is 5.86. The van der Waals surface area contributed by atoms with Crippen molar-refractivity contribution >= 4 is 34.4 Å². The average molecular weight is 282 g/mol. The van der Waals surface area contributed by atoms with Crippen LogP contribution in [0, 0.1) is 6.92 Å². The third-order valence-electron chi connectivity index (χ3n) is 2.89. The Labute approximate surface area is 114 Å². The molecule has 1 aromatic heterocycles. The van der Waals surface area contributed by atoms with Crippen LogP contribution in [0.3, 0.4) is 0 Å². The highest BCUT2D eigenvalue weighted by molar-refractivity contribution is 6.37. The molecule has 0 fully saturated rings. The molecule has 0 amide bonds. The fourth-order valence-corrected chi connectivity index (χ4v) is 2.21. The van der Waals surface area contributed by atoms with Crippen LogP contribution in [0.2, 0.25) is 5.02 Å². The van der Waals surface area contributed by atoms with Crippen molar-refractivity contribution in [3.63, 3.8) is 0 Å². The van der Waals surface area contributed by atoms with Crippen molar-refractivity contribution in [1.82, 2.24) is 4.98 Å². The summed E-state index contributed by atoms with van der Waals surface area (Å²) in [6.07, 6.45) is 0. The van der Waals surface area contributed by atoms with Gasteiger partial charge in [0.15, 0.2) is 0 Å². The Hall–Kier alpha value is -2.01. The number of rotatable bonds is 2. The Morgan fingerprint density at radius 1 is 1.16 bits per heavy atom. The number of halogens is 1. The molecule has 2 aromatic rings. The maximum absolute atomic E-state index is 11.9. The van der Waals surface area contributed by atoms with Crippen LogP contribution in [0.1, 0.15) is 26.4 Å². The smallest absolute Gasteiger partial charge is 0.355 e. The Bertz CT molecular complexity index is 675. The number of hydrogen-bond donors (Lipinski definition) is 1. The predicted molar refractivity (Wildman–Crippen MR) is 70.7 cm³/mol. The van der Waals surface area contributed by atoms with Crippen LogP contribution in [-0.2, 0) is 9.47 Å². The molecule has 0 atom stereocenters. The summed E-state index contributed by atoms with van der Waals surface area (Å²) >= 11 is 6.12. The minimum atomic E-state index is -0.646. The van der Waals surface area contributed by atoms with E-state index in [1.807, 2.05) is 6.92 Å². The molecule has 100 valence electrons. The zero-order chi connectivity index (χ0) is 14.2. The summed E-state index contributed by atoms with van der Waals surface area (Å²) in [6, 6.07) is 3.46. The monoisotopic (exact) mass is 281 g/mol. The van der Waals surface area contributed by atoms with Gasteiger partial charge in [-0.3, -0.25) is 0 Å². The molecule has 19 heavy (non-hydrogen) atoms. The zero-order valence-corrected chi connectivity index (χ0v) is 11.4. The number of aromatic nitrogens is 1. The summed E-state index contributed by atoms with van der Waals surface area (Å²) in [5.74, 6) is -1.29. The molecule has 0 aliphatic carbocycles. The van der Waals surface area contributed by atoms with Crippen LogP contribution < -0.4 is 0 Å². The first-order chi connectivity index (χ1) is 9.01. The van der Waals surface area contributed by atoms with Crippen LogP contribution in [0.15, 0.2) is 12.1 Å². The van der Waals surface area contributed by atoms with E-state index in [2.05, 4.69) is 9.72 Å². The SMILES string of the molecule is COC(=O)c1[nH]c2c(C)ccc(Cl)c2c1C(=O)OC. The second-order valence-corrected chi connectivity index (χ2v) is 4.38. The number of ether oxygens (including phenoxy) is 2. The summed E-state index contributed by atoms with van der Waals surface area (Å²) in [5, 5.41) is 0.835. The van der Waals surface area contributed by atoms with Crippen LogP contribution in [0.4, 0.5) is 0 Å². The molecule has 0 saturated carbocycles. The fourth-order valence-electron chi connectivity index (χ4n) is 1.96. The lowest BCUT2D eigenvalue weighted by Crippen LogP contribution is -2.10. The van der Waals surface area contributed by atoms with Crippen molar-refractivity contribution in [3.05, 3.63) is 34.0 Å². The van der Waals surface area contributed by atoms with Gasteiger partial charge in [0.1, 0.15) is 11.3 Å². The van der Waals surface area contributed by atoms with Gasteiger partial charge in [0.05, 0.1) is 24.8 Å². The van der Waals surface area contributed by atoms with E-state index in [1.54, 1.807) is 12.1 Å². The van der Waals surface area contributed by atoms with Crippen LogP contribution in [0.5, 0.6) is 0 Å². The van der Waals surface area contributed by atoms with Crippen LogP contribution >= 0.6 is 11.6 Å². The molecule has 1 N–H and O–H groups in total. The number of benzene rings is 1. The van der Waals surface area contributed by atoms with Crippen molar-refractivity contribution in [1.29, 1.82) is 0 Å². The van der Waals surface area contributed by atoms with Gasteiger partial charge < -0.3 is 14.5 Å². The van der Waals surface area contributed by atoms with Gasteiger partial charge in [0, 0.05) is 5.39 Å². The first-order valence-electron chi connectivity index (χ1n) is 5.48. The first kappa shape index (κ1) is 13.4. The van der Waals surface area contributed by atoms with E-state index in [0.29, 0.717) is 15.9 Å². The van der Waals surface area contributed by atoms with Gasteiger partial charge >= 0.3 is 11.9 Å². The Kier molecular flexibility index (Phi) is 3.48. The summed E-state index contributed by atoms with van der Waals surface area (Å²) in [7, 11) is 2.48. The Morgan fingerprint density at radius 2 is 1.79 bits per heavy atom. The molecule has 1 heterocycles. The summed E-state index contributed by atoms with van der Waals surface area (Å²) in [4.78, 5) is 26.5. The summed E-state index contributed by atoms with van der Waals surface area (Å²) in [5.41, 5.74) is 1.62. The molecule has 0 aliphatic rings. The van der Waals surface area contributed by atoms with Crippen LogP contribution in [0.25, 0.3) is 10.9 Å². The maximum atomic E-state index is 11.9. The average Bonchev–Trinajstić information content (AvgIpc) is 2.82. The van der Waals surface area contributed by atoms with Crippen molar-refractivity contribution in [3.8, 4) is 0 Å². The number of carbonyl (C=O) groups is 2. The van der Waals surface area contributed by atoms with Gasteiger partial charge in [0.2, 0.25) is 0 Å². The number of hydrogen-bond acceptors (Lipinski definition) is 4. The van der Waals surface area contributed by atoms with Gasteiger partial charge in [-0.05, 0) is 18.6 Å².